The number of likely N-dealkylation sites (tertiary alicyclic amines) is 1. The Morgan fingerprint density at radius 1 is 0.946 bits per heavy atom. The zero-order chi connectivity index (χ0) is 26.6. The van der Waals surface area contributed by atoms with E-state index in [9.17, 15) is 14.4 Å². The van der Waals surface area contributed by atoms with Crippen molar-refractivity contribution in [3.63, 3.8) is 0 Å². The fraction of sp³-hybridized carbons (Fsp3) is 0.464. The van der Waals surface area contributed by atoms with Gasteiger partial charge < -0.3 is 19.1 Å². The standard InChI is InChI=1S/C28H33ClN2O6/c1-28(2,3)37-26(33)30-14-12-19(13-15-30)31(16-25(32)36-18-29)27(34)35-17-24-22-10-6-4-8-20(22)21-9-5-7-11-23(21)24/h4-11,19,24H,12-18H2,1-3H3. The minimum Gasteiger partial charge on any atom is -0.448 e. The number of esters is 1. The molecule has 2 aromatic carbocycles. The highest BCUT2D eigenvalue weighted by molar-refractivity contribution is 6.17. The molecule has 1 heterocycles. The summed E-state index contributed by atoms with van der Waals surface area (Å²) in [5, 5.41) is 0. The third-order valence-corrected chi connectivity index (χ3v) is 6.75. The molecule has 1 aliphatic carbocycles. The first-order valence-electron chi connectivity index (χ1n) is 12.5. The highest BCUT2D eigenvalue weighted by atomic mass is 35.5. The average Bonchev–Trinajstić information content (AvgIpc) is 3.19. The molecule has 198 valence electrons. The van der Waals surface area contributed by atoms with Crippen molar-refractivity contribution in [3.8, 4) is 11.1 Å². The van der Waals surface area contributed by atoms with Crippen LogP contribution in [-0.4, -0.2) is 71.9 Å². The molecule has 2 aromatic rings. The Bertz CT molecular complexity index is 1090. The van der Waals surface area contributed by atoms with Crippen molar-refractivity contribution in [2.45, 2.75) is 51.2 Å². The van der Waals surface area contributed by atoms with E-state index in [1.165, 1.54) is 4.90 Å². The second-order valence-corrected chi connectivity index (χ2v) is 10.5. The van der Waals surface area contributed by atoms with Crippen LogP contribution in [0.2, 0.25) is 0 Å². The number of rotatable bonds is 6. The van der Waals surface area contributed by atoms with Crippen LogP contribution in [0.5, 0.6) is 0 Å². The van der Waals surface area contributed by atoms with Crippen molar-refractivity contribution < 1.29 is 28.6 Å². The summed E-state index contributed by atoms with van der Waals surface area (Å²) in [7, 11) is 0. The molecular formula is C28H33ClN2O6. The van der Waals surface area contributed by atoms with Gasteiger partial charge in [-0.15, -0.1) is 0 Å². The summed E-state index contributed by atoms with van der Waals surface area (Å²) in [6.45, 7) is 6.12. The van der Waals surface area contributed by atoms with E-state index < -0.39 is 17.7 Å². The lowest BCUT2D eigenvalue weighted by molar-refractivity contribution is -0.143. The highest BCUT2D eigenvalue weighted by Crippen LogP contribution is 2.44. The summed E-state index contributed by atoms with van der Waals surface area (Å²) in [5.41, 5.74) is 3.89. The van der Waals surface area contributed by atoms with Crippen molar-refractivity contribution in [1.29, 1.82) is 0 Å². The van der Waals surface area contributed by atoms with E-state index in [4.69, 9.17) is 25.8 Å². The molecule has 1 aliphatic heterocycles. The zero-order valence-electron chi connectivity index (χ0n) is 21.4. The van der Waals surface area contributed by atoms with Crippen LogP contribution >= 0.6 is 11.6 Å². The number of amides is 2. The van der Waals surface area contributed by atoms with Crippen LogP contribution in [-0.2, 0) is 19.0 Å². The molecule has 0 N–H and O–H groups in total. The Morgan fingerprint density at radius 3 is 2.05 bits per heavy atom. The number of carbonyl (C=O) groups excluding carboxylic acids is 3. The second-order valence-electron chi connectivity index (χ2n) is 10.3. The minimum atomic E-state index is -0.613. The number of ether oxygens (including phenoxy) is 3. The normalized spacial score (nSPS) is 15.5. The predicted molar refractivity (Wildman–Crippen MR) is 139 cm³/mol. The first-order valence-corrected chi connectivity index (χ1v) is 13.0. The van der Waals surface area contributed by atoms with Crippen LogP contribution in [0.4, 0.5) is 9.59 Å². The molecule has 1 saturated heterocycles. The largest absolute Gasteiger partial charge is 0.448 e. The van der Waals surface area contributed by atoms with Crippen LogP contribution in [0.25, 0.3) is 11.1 Å². The Hall–Kier alpha value is -3.26. The number of fused-ring (bicyclic) bond motifs is 3. The number of piperidine rings is 1. The third kappa shape index (κ3) is 6.36. The molecule has 0 spiro atoms. The topological polar surface area (TPSA) is 85.4 Å². The first kappa shape index (κ1) is 26.8. The van der Waals surface area contributed by atoms with Crippen molar-refractivity contribution >= 4 is 29.8 Å². The SMILES string of the molecule is CC(C)(C)OC(=O)N1CCC(N(CC(=O)OCCl)C(=O)OCC2c3ccccc3-c3ccccc32)CC1. The lowest BCUT2D eigenvalue weighted by Crippen LogP contribution is -2.51. The van der Waals surface area contributed by atoms with Gasteiger partial charge in [0.1, 0.15) is 18.8 Å². The van der Waals surface area contributed by atoms with Crippen LogP contribution in [0.15, 0.2) is 48.5 Å². The van der Waals surface area contributed by atoms with Gasteiger partial charge in [0, 0.05) is 25.0 Å². The van der Waals surface area contributed by atoms with E-state index in [1.807, 2.05) is 45.0 Å². The highest BCUT2D eigenvalue weighted by Gasteiger charge is 2.35. The first-order chi connectivity index (χ1) is 17.7. The van der Waals surface area contributed by atoms with E-state index in [2.05, 4.69) is 24.3 Å². The fourth-order valence-electron chi connectivity index (χ4n) is 4.95. The molecule has 9 heteroatoms. The molecule has 1 fully saturated rings. The molecule has 8 nitrogen and oxygen atoms in total. The van der Waals surface area contributed by atoms with Gasteiger partial charge in [0.15, 0.2) is 6.07 Å². The lowest BCUT2D eigenvalue weighted by Gasteiger charge is -2.38. The number of hydrogen-bond donors (Lipinski definition) is 0. The molecule has 4 rings (SSSR count). The number of nitrogens with zero attached hydrogens (tertiary/aromatic N) is 2. The van der Waals surface area contributed by atoms with Gasteiger partial charge in [-0.25, -0.2) is 9.59 Å². The van der Waals surface area contributed by atoms with E-state index in [0.29, 0.717) is 25.9 Å². The van der Waals surface area contributed by atoms with Crippen molar-refractivity contribution in [2.75, 3.05) is 32.3 Å². The Kier molecular flexibility index (Phi) is 8.27. The maximum Gasteiger partial charge on any atom is 0.410 e. The third-order valence-electron chi connectivity index (χ3n) is 6.64. The van der Waals surface area contributed by atoms with E-state index in [0.717, 1.165) is 22.3 Å². The smallest absolute Gasteiger partial charge is 0.410 e. The van der Waals surface area contributed by atoms with Crippen LogP contribution < -0.4 is 0 Å². The Morgan fingerprint density at radius 2 is 1.51 bits per heavy atom. The van der Waals surface area contributed by atoms with Crippen molar-refractivity contribution in [3.05, 3.63) is 59.7 Å². The fourth-order valence-corrected chi connectivity index (χ4v) is 5.07. The van der Waals surface area contributed by atoms with E-state index in [-0.39, 0.29) is 37.3 Å². The maximum atomic E-state index is 13.3. The van der Waals surface area contributed by atoms with Gasteiger partial charge in [-0.1, -0.05) is 60.1 Å². The summed E-state index contributed by atoms with van der Waals surface area (Å²) in [5.74, 6) is -0.708. The summed E-state index contributed by atoms with van der Waals surface area (Å²) in [6.07, 6.45) is -0.0147. The lowest BCUT2D eigenvalue weighted by atomic mass is 9.98. The quantitative estimate of drug-likeness (QED) is 0.284. The van der Waals surface area contributed by atoms with Crippen molar-refractivity contribution in [1.82, 2.24) is 9.80 Å². The number of benzene rings is 2. The van der Waals surface area contributed by atoms with Gasteiger partial charge in [0.05, 0.1) is 0 Å². The molecular weight excluding hydrogens is 496 g/mol. The minimum absolute atomic E-state index is 0.0954. The average molecular weight is 529 g/mol. The molecule has 37 heavy (non-hydrogen) atoms. The molecule has 0 aromatic heterocycles. The molecule has 2 aliphatic rings. The van der Waals surface area contributed by atoms with Gasteiger partial charge in [-0.3, -0.25) is 9.69 Å². The van der Waals surface area contributed by atoms with Gasteiger partial charge in [-0.05, 0) is 55.9 Å². The van der Waals surface area contributed by atoms with E-state index in [1.54, 1.807) is 4.90 Å². The van der Waals surface area contributed by atoms with Gasteiger partial charge in [-0.2, -0.15) is 0 Å². The Balaban J connectivity index is 1.44. The molecule has 0 unspecified atom stereocenters. The number of alkyl halides is 1. The number of carbonyl (C=O) groups is 3. The van der Waals surface area contributed by atoms with Crippen molar-refractivity contribution in [2.24, 2.45) is 0 Å². The summed E-state index contributed by atoms with van der Waals surface area (Å²) in [4.78, 5) is 41.1. The molecule has 2 amide bonds. The molecule has 0 atom stereocenters. The summed E-state index contributed by atoms with van der Waals surface area (Å²) >= 11 is 5.56. The Labute approximate surface area is 222 Å². The summed E-state index contributed by atoms with van der Waals surface area (Å²) in [6, 6.07) is 15.6. The van der Waals surface area contributed by atoms with Crippen LogP contribution in [0.3, 0.4) is 0 Å². The monoisotopic (exact) mass is 528 g/mol. The molecule has 0 radical (unpaired) electrons. The summed E-state index contributed by atoms with van der Waals surface area (Å²) < 4.78 is 16.2. The van der Waals surface area contributed by atoms with Gasteiger partial charge in [0.25, 0.3) is 0 Å². The zero-order valence-corrected chi connectivity index (χ0v) is 22.2. The van der Waals surface area contributed by atoms with Crippen LogP contribution in [0.1, 0.15) is 50.7 Å². The molecule has 0 bridgehead atoms. The predicted octanol–water partition coefficient (Wildman–Crippen LogP) is 5.38. The van der Waals surface area contributed by atoms with Gasteiger partial charge in [0.2, 0.25) is 0 Å². The second kappa shape index (κ2) is 11.4. The van der Waals surface area contributed by atoms with Gasteiger partial charge >= 0.3 is 18.2 Å². The number of hydrogen-bond acceptors (Lipinski definition) is 6. The molecule has 0 saturated carbocycles. The van der Waals surface area contributed by atoms with Crippen LogP contribution in [0, 0.1) is 0 Å². The van der Waals surface area contributed by atoms with E-state index >= 15 is 0 Å². The maximum absolute atomic E-state index is 13.3. The number of halogens is 1.